The minimum atomic E-state index is 0.0645. The Bertz CT molecular complexity index is 378. The van der Waals surface area contributed by atoms with Crippen LogP contribution in [0.5, 0.6) is 5.75 Å². The number of carbonyl (C=O) groups is 1. The van der Waals surface area contributed by atoms with Gasteiger partial charge in [0.15, 0.2) is 5.78 Å². The number of hydrogen-bond donors (Lipinski definition) is 1. The topological polar surface area (TPSA) is 37.3 Å². The van der Waals surface area contributed by atoms with Crippen LogP contribution in [0.15, 0.2) is 6.07 Å². The highest BCUT2D eigenvalue weighted by molar-refractivity contribution is 5.97. The maximum Gasteiger partial charge on any atom is 0.160 e. The molecule has 14 heavy (non-hydrogen) atoms. The van der Waals surface area contributed by atoms with E-state index in [0.29, 0.717) is 5.75 Å². The van der Waals surface area contributed by atoms with E-state index < -0.39 is 0 Å². The third-order valence-electron chi connectivity index (χ3n) is 2.59. The summed E-state index contributed by atoms with van der Waals surface area (Å²) >= 11 is 0. The first-order valence-corrected chi connectivity index (χ1v) is 4.82. The average Bonchev–Trinajstić information content (AvgIpc) is 2.02. The van der Waals surface area contributed by atoms with Gasteiger partial charge in [-0.2, -0.15) is 0 Å². The van der Waals surface area contributed by atoms with Crippen LogP contribution in [0.2, 0.25) is 0 Å². The zero-order valence-electron chi connectivity index (χ0n) is 9.14. The quantitative estimate of drug-likeness (QED) is 0.731. The van der Waals surface area contributed by atoms with Crippen LogP contribution in [0, 0.1) is 13.8 Å². The van der Waals surface area contributed by atoms with E-state index >= 15 is 0 Å². The molecule has 2 nitrogen and oxygen atoms in total. The Morgan fingerprint density at radius 3 is 2.43 bits per heavy atom. The molecule has 0 aliphatic carbocycles. The van der Waals surface area contributed by atoms with Gasteiger partial charge in [-0.05, 0) is 49.9 Å². The van der Waals surface area contributed by atoms with Gasteiger partial charge in [-0.15, -0.1) is 0 Å². The molecule has 1 aromatic carbocycles. The smallest absolute Gasteiger partial charge is 0.160 e. The van der Waals surface area contributed by atoms with Crippen LogP contribution in [0.3, 0.4) is 0 Å². The van der Waals surface area contributed by atoms with Gasteiger partial charge in [0.1, 0.15) is 5.75 Å². The fourth-order valence-corrected chi connectivity index (χ4v) is 1.99. The average molecular weight is 192 g/mol. The lowest BCUT2D eigenvalue weighted by Crippen LogP contribution is -2.03. The number of aryl methyl sites for hydroxylation is 1. The second-order valence-electron chi connectivity index (χ2n) is 3.60. The zero-order chi connectivity index (χ0) is 10.9. The summed E-state index contributed by atoms with van der Waals surface area (Å²) in [4.78, 5) is 11.4. The molecule has 1 N–H and O–H groups in total. The molecule has 0 atom stereocenters. The standard InChI is InChI=1S/C12H16O2/c1-5-10-8(3)12(9(4)13)7(2)6-11(10)14/h6,14H,5H2,1-4H3. The Morgan fingerprint density at radius 2 is 2.00 bits per heavy atom. The van der Waals surface area contributed by atoms with E-state index in [9.17, 15) is 9.90 Å². The summed E-state index contributed by atoms with van der Waals surface area (Å²) in [5, 5.41) is 9.67. The van der Waals surface area contributed by atoms with E-state index in [4.69, 9.17) is 0 Å². The highest BCUT2D eigenvalue weighted by Gasteiger charge is 2.13. The summed E-state index contributed by atoms with van der Waals surface area (Å²) in [6, 6.07) is 1.67. The minimum absolute atomic E-state index is 0.0645. The second-order valence-corrected chi connectivity index (χ2v) is 3.60. The molecule has 0 amide bonds. The minimum Gasteiger partial charge on any atom is -0.508 e. The molecule has 0 aromatic heterocycles. The van der Waals surface area contributed by atoms with Crippen LogP contribution in [-0.4, -0.2) is 10.9 Å². The van der Waals surface area contributed by atoms with Crippen molar-refractivity contribution in [2.75, 3.05) is 0 Å². The fraction of sp³-hybridized carbons (Fsp3) is 0.417. The second kappa shape index (κ2) is 3.82. The molecular weight excluding hydrogens is 176 g/mol. The van der Waals surface area contributed by atoms with Crippen molar-refractivity contribution in [1.29, 1.82) is 0 Å². The first-order chi connectivity index (χ1) is 6.49. The third-order valence-corrected chi connectivity index (χ3v) is 2.59. The van der Waals surface area contributed by atoms with Gasteiger partial charge >= 0.3 is 0 Å². The van der Waals surface area contributed by atoms with Crippen molar-refractivity contribution in [3.63, 3.8) is 0 Å². The molecule has 0 bridgehead atoms. The molecule has 0 heterocycles. The number of hydrogen-bond acceptors (Lipinski definition) is 2. The lowest BCUT2D eigenvalue weighted by atomic mass is 9.93. The van der Waals surface area contributed by atoms with Crippen molar-refractivity contribution in [3.8, 4) is 5.75 Å². The van der Waals surface area contributed by atoms with Gasteiger partial charge in [0.05, 0.1) is 0 Å². The van der Waals surface area contributed by atoms with Crippen LogP contribution < -0.4 is 0 Å². The SMILES string of the molecule is CCc1c(O)cc(C)c(C(C)=O)c1C. The van der Waals surface area contributed by atoms with Crippen LogP contribution in [0.4, 0.5) is 0 Å². The molecule has 0 aliphatic heterocycles. The monoisotopic (exact) mass is 192 g/mol. The molecule has 0 spiro atoms. The summed E-state index contributed by atoms with van der Waals surface area (Å²) in [6.45, 7) is 7.28. The van der Waals surface area contributed by atoms with E-state index in [1.54, 1.807) is 13.0 Å². The summed E-state index contributed by atoms with van der Waals surface area (Å²) in [5.41, 5.74) is 3.39. The van der Waals surface area contributed by atoms with E-state index in [-0.39, 0.29) is 5.78 Å². The Morgan fingerprint density at radius 1 is 1.43 bits per heavy atom. The largest absolute Gasteiger partial charge is 0.508 e. The third kappa shape index (κ3) is 1.65. The molecule has 0 radical (unpaired) electrons. The van der Waals surface area contributed by atoms with Crippen molar-refractivity contribution >= 4 is 5.78 Å². The number of carbonyl (C=O) groups excluding carboxylic acids is 1. The molecule has 0 saturated carbocycles. The summed E-state index contributed by atoms with van der Waals surface area (Å²) in [5.74, 6) is 0.363. The number of benzene rings is 1. The van der Waals surface area contributed by atoms with Crippen molar-refractivity contribution < 1.29 is 9.90 Å². The van der Waals surface area contributed by atoms with Crippen LogP contribution in [0.1, 0.15) is 40.9 Å². The zero-order valence-corrected chi connectivity index (χ0v) is 9.14. The molecule has 2 heteroatoms. The van der Waals surface area contributed by atoms with Gasteiger partial charge in [-0.3, -0.25) is 4.79 Å². The first kappa shape index (κ1) is 10.8. The molecule has 0 unspecified atom stereocenters. The van der Waals surface area contributed by atoms with Crippen molar-refractivity contribution in [1.82, 2.24) is 0 Å². The van der Waals surface area contributed by atoms with Crippen LogP contribution in [0.25, 0.3) is 0 Å². The number of aromatic hydroxyl groups is 1. The predicted octanol–water partition coefficient (Wildman–Crippen LogP) is 2.77. The lowest BCUT2D eigenvalue weighted by molar-refractivity contribution is 0.101. The summed E-state index contributed by atoms with van der Waals surface area (Å²) in [7, 11) is 0. The Labute approximate surface area is 84.6 Å². The normalized spacial score (nSPS) is 10.3. The molecule has 1 aromatic rings. The Hall–Kier alpha value is -1.31. The van der Waals surface area contributed by atoms with Gasteiger partial charge in [-0.1, -0.05) is 6.92 Å². The van der Waals surface area contributed by atoms with Gasteiger partial charge < -0.3 is 5.11 Å². The summed E-state index contributed by atoms with van der Waals surface area (Å²) < 4.78 is 0. The lowest BCUT2D eigenvalue weighted by Gasteiger charge is -2.12. The van der Waals surface area contributed by atoms with Gasteiger partial charge in [-0.25, -0.2) is 0 Å². The van der Waals surface area contributed by atoms with E-state index in [2.05, 4.69) is 0 Å². The first-order valence-electron chi connectivity index (χ1n) is 4.82. The number of rotatable bonds is 2. The molecule has 76 valence electrons. The maximum atomic E-state index is 11.4. The van der Waals surface area contributed by atoms with Crippen molar-refractivity contribution in [2.45, 2.75) is 34.1 Å². The van der Waals surface area contributed by atoms with Gasteiger partial charge in [0.2, 0.25) is 0 Å². The van der Waals surface area contributed by atoms with E-state index in [0.717, 1.165) is 28.7 Å². The number of phenols is 1. The Balaban J connectivity index is 3.52. The molecule has 0 fully saturated rings. The van der Waals surface area contributed by atoms with Crippen LogP contribution in [-0.2, 0) is 6.42 Å². The number of ketones is 1. The van der Waals surface area contributed by atoms with Crippen molar-refractivity contribution in [2.24, 2.45) is 0 Å². The van der Waals surface area contributed by atoms with Crippen LogP contribution >= 0.6 is 0 Å². The van der Waals surface area contributed by atoms with Crippen molar-refractivity contribution in [3.05, 3.63) is 28.3 Å². The van der Waals surface area contributed by atoms with E-state index in [1.807, 2.05) is 20.8 Å². The molecule has 1 rings (SSSR count). The van der Waals surface area contributed by atoms with Gasteiger partial charge in [0, 0.05) is 5.56 Å². The number of phenolic OH excluding ortho intramolecular Hbond substituents is 1. The Kier molecular flexibility index (Phi) is 2.94. The molecule has 0 aliphatic rings. The van der Waals surface area contributed by atoms with Gasteiger partial charge in [0.25, 0.3) is 0 Å². The van der Waals surface area contributed by atoms with E-state index in [1.165, 1.54) is 0 Å². The maximum absolute atomic E-state index is 11.4. The number of Topliss-reactive ketones (excluding diaryl/α,β-unsaturated/α-hetero) is 1. The highest BCUT2D eigenvalue weighted by Crippen LogP contribution is 2.27. The highest BCUT2D eigenvalue weighted by atomic mass is 16.3. The molecular formula is C12H16O2. The molecule has 0 saturated heterocycles. The predicted molar refractivity (Wildman–Crippen MR) is 57.0 cm³/mol. The summed E-state index contributed by atoms with van der Waals surface area (Å²) in [6.07, 6.45) is 0.748. The fourth-order valence-electron chi connectivity index (χ4n) is 1.99.